The molecule has 1 aliphatic rings. The monoisotopic (exact) mass is 279 g/mol. The zero-order valence-electron chi connectivity index (χ0n) is 12.6. The molecule has 1 aromatic rings. The molecule has 112 valence electrons. The third kappa shape index (κ3) is 3.87. The van der Waals surface area contributed by atoms with Crippen molar-refractivity contribution >= 4 is 0 Å². The topological polar surface area (TPSA) is 39.7 Å². The highest BCUT2D eigenvalue weighted by atomic mass is 16.5. The van der Waals surface area contributed by atoms with Crippen molar-refractivity contribution in [3.63, 3.8) is 0 Å². The van der Waals surface area contributed by atoms with Crippen molar-refractivity contribution in [3.05, 3.63) is 23.8 Å². The molecule has 0 bridgehead atoms. The summed E-state index contributed by atoms with van der Waals surface area (Å²) in [6.07, 6.45) is 3.39. The first-order chi connectivity index (χ1) is 9.74. The van der Waals surface area contributed by atoms with E-state index in [0.717, 1.165) is 37.6 Å². The molecule has 4 heteroatoms. The second kappa shape index (κ2) is 7.50. The summed E-state index contributed by atoms with van der Waals surface area (Å²) in [6, 6.07) is 6.91. The lowest BCUT2D eigenvalue weighted by molar-refractivity contribution is 0.142. The van der Waals surface area contributed by atoms with Gasteiger partial charge >= 0.3 is 0 Å². The molecule has 0 aliphatic carbocycles. The molecule has 1 saturated heterocycles. The molecule has 20 heavy (non-hydrogen) atoms. The summed E-state index contributed by atoms with van der Waals surface area (Å²) in [7, 11) is 3.33. The number of rotatable bonds is 5. The van der Waals surface area contributed by atoms with E-state index in [2.05, 4.69) is 18.3 Å². The Morgan fingerprint density at radius 2 is 1.95 bits per heavy atom. The van der Waals surface area contributed by atoms with Gasteiger partial charge in [0, 0.05) is 25.3 Å². The number of methoxy groups -OCH3 is 2. The van der Waals surface area contributed by atoms with Crippen LogP contribution >= 0.6 is 0 Å². The van der Waals surface area contributed by atoms with Gasteiger partial charge in [-0.2, -0.15) is 0 Å². The molecule has 0 spiro atoms. The molecule has 1 N–H and O–H groups in total. The van der Waals surface area contributed by atoms with Crippen LogP contribution in [0.3, 0.4) is 0 Å². The van der Waals surface area contributed by atoms with Crippen LogP contribution in [0.15, 0.2) is 18.2 Å². The van der Waals surface area contributed by atoms with E-state index in [1.54, 1.807) is 14.2 Å². The molecule has 2 rings (SSSR count). The summed E-state index contributed by atoms with van der Waals surface area (Å²) in [5.74, 6) is 1.55. The van der Waals surface area contributed by atoms with E-state index in [4.69, 9.17) is 14.2 Å². The van der Waals surface area contributed by atoms with Gasteiger partial charge in [-0.1, -0.05) is 6.07 Å². The molecule has 1 heterocycles. The Morgan fingerprint density at radius 1 is 1.15 bits per heavy atom. The maximum Gasteiger partial charge on any atom is 0.161 e. The molecule has 4 nitrogen and oxygen atoms in total. The average Bonchev–Trinajstić information content (AvgIpc) is 2.75. The number of benzene rings is 1. The maximum atomic E-state index is 5.50. The Kier molecular flexibility index (Phi) is 5.68. The highest BCUT2D eigenvalue weighted by Gasteiger charge is 2.16. The van der Waals surface area contributed by atoms with Crippen molar-refractivity contribution in [1.29, 1.82) is 0 Å². The summed E-state index contributed by atoms with van der Waals surface area (Å²) >= 11 is 0. The average molecular weight is 279 g/mol. The number of hydrogen-bond donors (Lipinski definition) is 1. The highest BCUT2D eigenvalue weighted by molar-refractivity contribution is 5.43. The van der Waals surface area contributed by atoms with Gasteiger partial charge in [0.05, 0.1) is 14.2 Å². The predicted octanol–water partition coefficient (Wildman–Crippen LogP) is 2.92. The predicted molar refractivity (Wildman–Crippen MR) is 79.6 cm³/mol. The first kappa shape index (κ1) is 15.1. The van der Waals surface area contributed by atoms with Gasteiger partial charge in [-0.3, -0.25) is 0 Å². The van der Waals surface area contributed by atoms with Crippen molar-refractivity contribution in [2.45, 2.75) is 38.3 Å². The second-order valence-corrected chi connectivity index (χ2v) is 5.24. The van der Waals surface area contributed by atoms with E-state index in [1.807, 2.05) is 12.1 Å². The van der Waals surface area contributed by atoms with Crippen LogP contribution in [0.5, 0.6) is 11.5 Å². The van der Waals surface area contributed by atoms with Crippen LogP contribution in [0.4, 0.5) is 0 Å². The zero-order chi connectivity index (χ0) is 14.4. The fraction of sp³-hybridized carbons (Fsp3) is 0.625. The van der Waals surface area contributed by atoms with Crippen LogP contribution in [0.25, 0.3) is 0 Å². The van der Waals surface area contributed by atoms with Gasteiger partial charge in [-0.15, -0.1) is 0 Å². The summed E-state index contributed by atoms with van der Waals surface area (Å²) in [4.78, 5) is 0. The Hall–Kier alpha value is -1.26. The molecule has 1 aromatic carbocycles. The lowest BCUT2D eigenvalue weighted by atomic mass is 10.0. The largest absolute Gasteiger partial charge is 0.493 e. The Bertz CT molecular complexity index is 414. The van der Waals surface area contributed by atoms with Gasteiger partial charge in [0.1, 0.15) is 0 Å². The molecular formula is C16H25NO3. The first-order valence-corrected chi connectivity index (χ1v) is 7.30. The zero-order valence-corrected chi connectivity index (χ0v) is 12.6. The molecule has 2 unspecified atom stereocenters. The minimum Gasteiger partial charge on any atom is -0.493 e. The van der Waals surface area contributed by atoms with Gasteiger partial charge in [-0.25, -0.2) is 0 Å². The fourth-order valence-corrected chi connectivity index (χ4v) is 2.64. The molecule has 0 saturated carbocycles. The summed E-state index contributed by atoms with van der Waals surface area (Å²) in [5.41, 5.74) is 1.22. The van der Waals surface area contributed by atoms with Gasteiger partial charge in [0.2, 0.25) is 0 Å². The van der Waals surface area contributed by atoms with Crippen LogP contribution < -0.4 is 14.8 Å². The first-order valence-electron chi connectivity index (χ1n) is 7.30. The normalized spacial score (nSPS) is 21.1. The van der Waals surface area contributed by atoms with Crippen LogP contribution in [-0.2, 0) is 4.74 Å². The standard InChI is InChI=1S/C16H25NO3/c1-12(17-14-5-4-9-20-10-8-14)13-6-7-15(18-2)16(11-13)19-3/h6-7,11-12,14,17H,4-5,8-10H2,1-3H3. The minimum atomic E-state index is 0.290. The van der Waals surface area contributed by atoms with Crippen molar-refractivity contribution < 1.29 is 14.2 Å². The number of ether oxygens (including phenoxy) is 3. The number of hydrogen-bond acceptors (Lipinski definition) is 4. The van der Waals surface area contributed by atoms with E-state index in [1.165, 1.54) is 12.0 Å². The fourth-order valence-electron chi connectivity index (χ4n) is 2.64. The highest BCUT2D eigenvalue weighted by Crippen LogP contribution is 2.30. The third-order valence-corrected chi connectivity index (χ3v) is 3.85. The van der Waals surface area contributed by atoms with Crippen molar-refractivity contribution in [2.24, 2.45) is 0 Å². The van der Waals surface area contributed by atoms with Crippen LogP contribution in [0.1, 0.15) is 37.8 Å². The smallest absolute Gasteiger partial charge is 0.161 e. The van der Waals surface area contributed by atoms with Gasteiger partial charge in [0.25, 0.3) is 0 Å². The molecular weight excluding hydrogens is 254 g/mol. The maximum absolute atomic E-state index is 5.50. The molecule has 0 amide bonds. The van der Waals surface area contributed by atoms with Crippen molar-refractivity contribution in [3.8, 4) is 11.5 Å². The van der Waals surface area contributed by atoms with Gasteiger partial charge in [0.15, 0.2) is 11.5 Å². The molecule has 0 radical (unpaired) electrons. The van der Waals surface area contributed by atoms with E-state index in [-0.39, 0.29) is 6.04 Å². The van der Waals surface area contributed by atoms with Gasteiger partial charge < -0.3 is 19.5 Å². The SMILES string of the molecule is COc1ccc(C(C)NC2CCCOCC2)cc1OC. The lowest BCUT2D eigenvalue weighted by Crippen LogP contribution is -2.31. The molecule has 2 atom stereocenters. The Labute approximate surface area is 121 Å². The van der Waals surface area contributed by atoms with Crippen LogP contribution in [0.2, 0.25) is 0 Å². The van der Waals surface area contributed by atoms with Crippen molar-refractivity contribution in [1.82, 2.24) is 5.32 Å². The minimum absolute atomic E-state index is 0.290. The van der Waals surface area contributed by atoms with Crippen LogP contribution in [0, 0.1) is 0 Å². The van der Waals surface area contributed by atoms with E-state index < -0.39 is 0 Å². The van der Waals surface area contributed by atoms with Crippen molar-refractivity contribution in [2.75, 3.05) is 27.4 Å². The van der Waals surface area contributed by atoms with E-state index in [9.17, 15) is 0 Å². The van der Waals surface area contributed by atoms with E-state index >= 15 is 0 Å². The summed E-state index contributed by atoms with van der Waals surface area (Å²) in [5, 5.41) is 3.69. The van der Waals surface area contributed by atoms with E-state index in [0.29, 0.717) is 6.04 Å². The van der Waals surface area contributed by atoms with Gasteiger partial charge in [-0.05, 0) is 43.9 Å². The number of nitrogens with one attached hydrogen (secondary N) is 1. The molecule has 0 aromatic heterocycles. The lowest BCUT2D eigenvalue weighted by Gasteiger charge is -2.22. The second-order valence-electron chi connectivity index (χ2n) is 5.24. The summed E-state index contributed by atoms with van der Waals surface area (Å²) < 4.78 is 16.1. The van der Waals surface area contributed by atoms with Crippen LogP contribution in [-0.4, -0.2) is 33.5 Å². The quantitative estimate of drug-likeness (QED) is 0.899. The summed E-state index contributed by atoms with van der Waals surface area (Å²) in [6.45, 7) is 3.94. The molecule has 1 aliphatic heterocycles. The Morgan fingerprint density at radius 3 is 2.70 bits per heavy atom. The Balaban J connectivity index is 2.02. The third-order valence-electron chi connectivity index (χ3n) is 3.85. The molecule has 1 fully saturated rings.